The number of nitrogens with zero attached hydrogens (tertiary/aromatic N) is 1. The first-order valence-electron chi connectivity index (χ1n) is 7.58. The van der Waals surface area contributed by atoms with Crippen LogP contribution in [-0.2, 0) is 4.79 Å². The van der Waals surface area contributed by atoms with Gasteiger partial charge in [-0.3, -0.25) is 4.79 Å². The highest BCUT2D eigenvalue weighted by Crippen LogP contribution is 2.23. The van der Waals surface area contributed by atoms with Gasteiger partial charge < -0.3 is 14.5 Å². The number of oxazole rings is 1. The van der Waals surface area contributed by atoms with Crippen LogP contribution < -0.4 is 10.1 Å². The summed E-state index contributed by atoms with van der Waals surface area (Å²) < 4.78 is 10.5. The van der Waals surface area contributed by atoms with Crippen molar-refractivity contribution in [2.24, 2.45) is 0 Å². The third-order valence-electron chi connectivity index (χ3n) is 3.44. The molecule has 3 rings (SSSR count). The minimum absolute atomic E-state index is 0.0180. The van der Waals surface area contributed by atoms with E-state index in [1.807, 2.05) is 42.5 Å². The normalized spacial score (nSPS) is 10.8. The molecule has 0 fully saturated rings. The van der Waals surface area contributed by atoms with E-state index in [4.69, 9.17) is 9.15 Å². The number of aryl methyl sites for hydroxylation is 1. The molecule has 0 aliphatic heterocycles. The molecular formula is C18H18N2O3S. The number of thioether (sulfide) groups is 1. The number of rotatable bonds is 6. The number of hydrogen-bond acceptors (Lipinski definition) is 5. The van der Waals surface area contributed by atoms with E-state index in [2.05, 4.69) is 10.3 Å². The van der Waals surface area contributed by atoms with E-state index in [9.17, 15) is 4.79 Å². The van der Waals surface area contributed by atoms with E-state index >= 15 is 0 Å². The number of benzene rings is 2. The molecule has 0 unspecified atom stereocenters. The first-order chi connectivity index (χ1) is 11.6. The Morgan fingerprint density at radius 2 is 2.04 bits per heavy atom. The van der Waals surface area contributed by atoms with Gasteiger partial charge >= 0.3 is 0 Å². The first-order valence-corrected chi connectivity index (χ1v) is 8.56. The number of hydrogen-bond donors (Lipinski definition) is 1. The van der Waals surface area contributed by atoms with Crippen LogP contribution in [0, 0.1) is 6.92 Å². The van der Waals surface area contributed by atoms with E-state index < -0.39 is 0 Å². The molecule has 0 bridgehead atoms. The zero-order valence-electron chi connectivity index (χ0n) is 13.5. The standard InChI is InChI=1S/C18H18N2O3S/c1-12-19-16-11-13(3-8-17(16)23-12)20-18(21)9-10-24-15-6-4-14(22-2)5-7-15/h3-8,11H,9-10H2,1-2H3,(H,20,21). The predicted molar refractivity (Wildman–Crippen MR) is 95.7 cm³/mol. The Morgan fingerprint density at radius 1 is 1.25 bits per heavy atom. The highest BCUT2D eigenvalue weighted by Gasteiger charge is 2.07. The average Bonchev–Trinajstić information content (AvgIpc) is 2.95. The van der Waals surface area contributed by atoms with Gasteiger partial charge in [-0.05, 0) is 42.5 Å². The summed E-state index contributed by atoms with van der Waals surface area (Å²) >= 11 is 1.64. The summed E-state index contributed by atoms with van der Waals surface area (Å²) in [4.78, 5) is 17.4. The molecular weight excluding hydrogens is 324 g/mol. The summed E-state index contributed by atoms with van der Waals surface area (Å²) in [5.41, 5.74) is 2.20. The van der Waals surface area contributed by atoms with Crippen molar-refractivity contribution in [3.63, 3.8) is 0 Å². The lowest BCUT2D eigenvalue weighted by Crippen LogP contribution is -2.12. The summed E-state index contributed by atoms with van der Waals surface area (Å²) in [6, 6.07) is 13.3. The minimum atomic E-state index is -0.0180. The molecule has 1 N–H and O–H groups in total. The van der Waals surface area contributed by atoms with Crippen molar-refractivity contribution in [1.29, 1.82) is 0 Å². The minimum Gasteiger partial charge on any atom is -0.497 e. The van der Waals surface area contributed by atoms with Crippen molar-refractivity contribution >= 4 is 34.5 Å². The molecule has 0 radical (unpaired) electrons. The molecule has 1 aromatic heterocycles. The van der Waals surface area contributed by atoms with Gasteiger partial charge in [-0.1, -0.05) is 0 Å². The zero-order chi connectivity index (χ0) is 16.9. The lowest BCUT2D eigenvalue weighted by Gasteiger charge is -2.05. The van der Waals surface area contributed by atoms with Crippen LogP contribution in [0.25, 0.3) is 11.1 Å². The topological polar surface area (TPSA) is 64.4 Å². The summed E-state index contributed by atoms with van der Waals surface area (Å²) in [6.45, 7) is 1.80. The van der Waals surface area contributed by atoms with E-state index in [-0.39, 0.29) is 5.91 Å². The SMILES string of the molecule is COc1ccc(SCCC(=O)Nc2ccc3oc(C)nc3c2)cc1. The largest absolute Gasteiger partial charge is 0.497 e. The molecule has 0 atom stereocenters. The number of aromatic nitrogens is 1. The molecule has 0 spiro atoms. The van der Waals surface area contributed by atoms with Crippen molar-refractivity contribution in [3.05, 3.63) is 48.4 Å². The molecule has 124 valence electrons. The van der Waals surface area contributed by atoms with Crippen LogP contribution in [0.2, 0.25) is 0 Å². The molecule has 24 heavy (non-hydrogen) atoms. The Balaban J connectivity index is 1.50. The first kappa shape index (κ1) is 16.4. The molecule has 1 heterocycles. The van der Waals surface area contributed by atoms with E-state index in [0.29, 0.717) is 18.1 Å². The summed E-state index contributed by atoms with van der Waals surface area (Å²) in [5, 5.41) is 2.89. The maximum absolute atomic E-state index is 12.1. The van der Waals surface area contributed by atoms with Crippen LogP contribution in [0.3, 0.4) is 0 Å². The van der Waals surface area contributed by atoms with Gasteiger partial charge in [0.1, 0.15) is 11.3 Å². The Kier molecular flexibility index (Phi) is 5.05. The lowest BCUT2D eigenvalue weighted by molar-refractivity contribution is -0.115. The monoisotopic (exact) mass is 342 g/mol. The number of anilines is 1. The number of nitrogens with one attached hydrogen (secondary N) is 1. The van der Waals surface area contributed by atoms with Crippen molar-refractivity contribution in [2.75, 3.05) is 18.2 Å². The van der Waals surface area contributed by atoms with Crippen LogP contribution >= 0.6 is 11.8 Å². The Hall–Kier alpha value is -2.47. The maximum atomic E-state index is 12.1. The number of fused-ring (bicyclic) bond motifs is 1. The number of carbonyl (C=O) groups is 1. The highest BCUT2D eigenvalue weighted by atomic mass is 32.2. The van der Waals surface area contributed by atoms with Gasteiger partial charge in [-0.2, -0.15) is 0 Å². The van der Waals surface area contributed by atoms with E-state index in [1.165, 1.54) is 0 Å². The van der Waals surface area contributed by atoms with Crippen LogP contribution in [0.5, 0.6) is 5.75 Å². The molecule has 6 heteroatoms. The molecule has 0 aliphatic rings. The molecule has 2 aromatic carbocycles. The molecule has 1 amide bonds. The molecule has 3 aromatic rings. The van der Waals surface area contributed by atoms with E-state index in [1.54, 1.807) is 25.8 Å². The maximum Gasteiger partial charge on any atom is 0.225 e. The van der Waals surface area contributed by atoms with E-state index in [0.717, 1.165) is 27.4 Å². The zero-order valence-corrected chi connectivity index (χ0v) is 14.4. The number of methoxy groups -OCH3 is 1. The van der Waals surface area contributed by atoms with Crippen molar-refractivity contribution in [2.45, 2.75) is 18.2 Å². The van der Waals surface area contributed by atoms with Crippen molar-refractivity contribution in [1.82, 2.24) is 4.98 Å². The smallest absolute Gasteiger partial charge is 0.225 e. The fraction of sp³-hybridized carbons (Fsp3) is 0.222. The molecule has 0 saturated heterocycles. The second kappa shape index (κ2) is 7.40. The Morgan fingerprint density at radius 3 is 2.79 bits per heavy atom. The van der Waals surface area contributed by atoms with Gasteiger partial charge in [-0.25, -0.2) is 4.98 Å². The summed E-state index contributed by atoms with van der Waals surface area (Å²) in [7, 11) is 1.64. The Labute approximate surface area is 144 Å². The van der Waals surface area contributed by atoms with Gasteiger partial charge in [0.2, 0.25) is 5.91 Å². The molecule has 0 saturated carbocycles. The van der Waals surface area contributed by atoms with Crippen molar-refractivity contribution < 1.29 is 13.9 Å². The molecule has 5 nitrogen and oxygen atoms in total. The third-order valence-corrected chi connectivity index (χ3v) is 4.45. The fourth-order valence-electron chi connectivity index (χ4n) is 2.28. The number of carbonyl (C=O) groups excluding carboxylic acids is 1. The van der Waals surface area contributed by atoms with Gasteiger partial charge in [0.15, 0.2) is 11.5 Å². The fourth-order valence-corrected chi connectivity index (χ4v) is 3.13. The lowest BCUT2D eigenvalue weighted by atomic mass is 10.3. The number of ether oxygens (including phenoxy) is 1. The van der Waals surface area contributed by atoms with Gasteiger partial charge in [0.25, 0.3) is 0 Å². The number of amides is 1. The second-order valence-electron chi connectivity index (χ2n) is 5.24. The summed E-state index contributed by atoms with van der Waals surface area (Å²) in [6.07, 6.45) is 0.437. The van der Waals surface area contributed by atoms with Crippen LogP contribution in [0.15, 0.2) is 51.8 Å². The predicted octanol–water partition coefficient (Wildman–Crippen LogP) is 4.27. The Bertz CT molecular complexity index is 843. The van der Waals surface area contributed by atoms with Crippen LogP contribution in [0.1, 0.15) is 12.3 Å². The summed E-state index contributed by atoms with van der Waals surface area (Å²) in [5.74, 6) is 2.14. The van der Waals surface area contributed by atoms with Gasteiger partial charge in [0, 0.05) is 29.7 Å². The molecule has 0 aliphatic carbocycles. The van der Waals surface area contributed by atoms with Crippen LogP contribution in [-0.4, -0.2) is 23.8 Å². The highest BCUT2D eigenvalue weighted by molar-refractivity contribution is 7.99. The van der Waals surface area contributed by atoms with Crippen LogP contribution in [0.4, 0.5) is 5.69 Å². The van der Waals surface area contributed by atoms with Crippen molar-refractivity contribution in [3.8, 4) is 5.75 Å². The average molecular weight is 342 g/mol. The van der Waals surface area contributed by atoms with Gasteiger partial charge in [-0.15, -0.1) is 11.8 Å². The second-order valence-corrected chi connectivity index (χ2v) is 6.41. The van der Waals surface area contributed by atoms with Gasteiger partial charge in [0.05, 0.1) is 7.11 Å². The third kappa shape index (κ3) is 4.08. The quantitative estimate of drug-likeness (QED) is 0.678.